The fraction of sp³-hybridized carbons (Fsp3) is 0.105. The van der Waals surface area contributed by atoms with Crippen LogP contribution < -0.4 is 0 Å². The second kappa shape index (κ2) is 5.19. The van der Waals surface area contributed by atoms with E-state index < -0.39 is 0 Å². The van der Waals surface area contributed by atoms with E-state index >= 15 is 0 Å². The van der Waals surface area contributed by atoms with Crippen LogP contribution in [0.1, 0.15) is 39.7 Å². The van der Waals surface area contributed by atoms with Gasteiger partial charge in [0, 0.05) is 35.6 Å². The summed E-state index contributed by atoms with van der Waals surface area (Å²) in [6.45, 7) is 9.86. The van der Waals surface area contributed by atoms with Crippen molar-refractivity contribution < 1.29 is 9.53 Å². The number of aryl methyl sites for hydroxylation is 1. The van der Waals surface area contributed by atoms with Gasteiger partial charge < -0.3 is 9.30 Å². The minimum atomic E-state index is -0.307. The van der Waals surface area contributed by atoms with Crippen molar-refractivity contribution in [3.8, 4) is 0 Å². The number of benzene rings is 1. The molecule has 3 heteroatoms. The second-order valence-electron chi connectivity index (χ2n) is 5.38. The Hall–Kier alpha value is -2.81. The van der Waals surface area contributed by atoms with Gasteiger partial charge in [0.05, 0.1) is 5.56 Å². The molecule has 0 N–H and O–H groups in total. The molecule has 3 rings (SSSR count). The zero-order valence-electron chi connectivity index (χ0n) is 12.7. The highest BCUT2D eigenvalue weighted by molar-refractivity contribution is 6.06. The molecule has 110 valence electrons. The van der Waals surface area contributed by atoms with Gasteiger partial charge in [-0.25, -0.2) is 4.79 Å². The zero-order valence-corrected chi connectivity index (χ0v) is 12.7. The number of ether oxygens (including phenoxy) is 1. The third-order valence-corrected chi connectivity index (χ3v) is 3.78. The number of rotatable bonds is 3. The van der Waals surface area contributed by atoms with Crippen molar-refractivity contribution in [3.63, 3.8) is 0 Å². The molecule has 0 unspecified atom stereocenters. The molecule has 0 atom stereocenters. The fourth-order valence-electron chi connectivity index (χ4n) is 2.82. The van der Waals surface area contributed by atoms with Crippen LogP contribution >= 0.6 is 0 Å². The molecule has 3 nitrogen and oxygen atoms in total. The van der Waals surface area contributed by atoms with Gasteiger partial charge in [-0.3, -0.25) is 0 Å². The highest BCUT2D eigenvalue weighted by Gasteiger charge is 2.26. The van der Waals surface area contributed by atoms with Gasteiger partial charge in [0.25, 0.3) is 0 Å². The van der Waals surface area contributed by atoms with Gasteiger partial charge in [-0.15, -0.1) is 0 Å². The Morgan fingerprint density at radius 1 is 1.27 bits per heavy atom. The lowest BCUT2D eigenvalue weighted by Gasteiger charge is -2.04. The van der Waals surface area contributed by atoms with Gasteiger partial charge in [0.15, 0.2) is 0 Å². The minimum Gasteiger partial charge on any atom is -0.422 e. The first-order valence-corrected chi connectivity index (χ1v) is 7.04. The molecule has 0 amide bonds. The van der Waals surface area contributed by atoms with Gasteiger partial charge in [-0.1, -0.05) is 31.4 Å². The summed E-state index contributed by atoms with van der Waals surface area (Å²) in [6.07, 6.45) is 5.68. The highest BCUT2D eigenvalue weighted by Crippen LogP contribution is 2.34. The molecule has 1 aromatic heterocycles. The van der Waals surface area contributed by atoms with Crippen LogP contribution in [0, 0.1) is 0 Å². The van der Waals surface area contributed by atoms with Crippen LogP contribution in [-0.4, -0.2) is 10.5 Å². The number of nitrogens with zero attached hydrogens (tertiary/aromatic N) is 1. The number of hydrogen-bond acceptors (Lipinski definition) is 2. The van der Waals surface area contributed by atoms with Crippen LogP contribution in [-0.2, 0) is 11.8 Å². The number of carbonyl (C=O) groups excluding carboxylic acids is 1. The number of esters is 1. The summed E-state index contributed by atoms with van der Waals surface area (Å²) in [6, 6.07) is 7.40. The molecule has 1 aliphatic rings. The van der Waals surface area contributed by atoms with Crippen LogP contribution in [0.2, 0.25) is 0 Å². The molecular weight excluding hydrogens is 274 g/mol. The number of aromatic nitrogens is 1. The average molecular weight is 291 g/mol. The van der Waals surface area contributed by atoms with E-state index in [1.54, 1.807) is 12.1 Å². The lowest BCUT2D eigenvalue weighted by molar-refractivity contribution is 0.0717. The van der Waals surface area contributed by atoms with Crippen LogP contribution in [0.4, 0.5) is 0 Å². The number of cyclic esters (lactones) is 1. The Morgan fingerprint density at radius 2 is 1.95 bits per heavy atom. The Kier molecular flexibility index (Phi) is 3.33. The predicted octanol–water partition coefficient (Wildman–Crippen LogP) is 4.37. The summed E-state index contributed by atoms with van der Waals surface area (Å²) in [5, 5.41) is 0. The number of carbonyl (C=O) groups is 1. The molecule has 0 saturated heterocycles. The molecule has 1 aliphatic heterocycles. The quantitative estimate of drug-likeness (QED) is 0.786. The molecule has 2 aromatic rings. The van der Waals surface area contributed by atoms with Gasteiger partial charge in [-0.05, 0) is 30.7 Å². The Labute approximate surface area is 129 Å². The summed E-state index contributed by atoms with van der Waals surface area (Å²) < 4.78 is 7.40. The van der Waals surface area contributed by atoms with Crippen LogP contribution in [0.25, 0.3) is 23.5 Å². The van der Waals surface area contributed by atoms with Gasteiger partial charge in [-0.2, -0.15) is 0 Å². The maximum Gasteiger partial charge on any atom is 0.344 e. The van der Waals surface area contributed by atoms with Crippen LogP contribution in [0.5, 0.6) is 0 Å². The fourth-order valence-corrected chi connectivity index (χ4v) is 2.82. The molecule has 22 heavy (non-hydrogen) atoms. The van der Waals surface area contributed by atoms with Gasteiger partial charge in [0.1, 0.15) is 5.76 Å². The van der Waals surface area contributed by atoms with E-state index in [0.29, 0.717) is 11.3 Å². The van der Waals surface area contributed by atoms with E-state index in [1.807, 2.05) is 49.0 Å². The van der Waals surface area contributed by atoms with E-state index in [-0.39, 0.29) is 5.97 Å². The molecule has 0 saturated carbocycles. The number of fused-ring (bicyclic) bond motifs is 1. The first-order chi connectivity index (χ1) is 10.5. The lowest BCUT2D eigenvalue weighted by Crippen LogP contribution is -1.92. The Balaban J connectivity index is 2.17. The molecule has 0 radical (unpaired) electrons. The third kappa shape index (κ3) is 2.11. The maximum atomic E-state index is 11.9. The van der Waals surface area contributed by atoms with E-state index in [0.717, 1.165) is 28.0 Å². The zero-order chi connectivity index (χ0) is 15.9. The number of allylic oxidation sites excluding steroid dienone is 1. The number of hydrogen-bond donors (Lipinski definition) is 0. The third-order valence-electron chi connectivity index (χ3n) is 3.78. The van der Waals surface area contributed by atoms with E-state index in [2.05, 4.69) is 13.2 Å². The van der Waals surface area contributed by atoms with Crippen molar-refractivity contribution in [3.05, 3.63) is 71.6 Å². The molecule has 0 bridgehead atoms. The monoisotopic (exact) mass is 291 g/mol. The maximum absolute atomic E-state index is 11.9. The molecule has 0 fully saturated rings. The van der Waals surface area contributed by atoms with E-state index in [9.17, 15) is 4.79 Å². The largest absolute Gasteiger partial charge is 0.422 e. The topological polar surface area (TPSA) is 31.2 Å². The van der Waals surface area contributed by atoms with Crippen molar-refractivity contribution in [1.29, 1.82) is 0 Å². The van der Waals surface area contributed by atoms with Crippen molar-refractivity contribution in [2.75, 3.05) is 0 Å². The Morgan fingerprint density at radius 3 is 2.59 bits per heavy atom. The highest BCUT2D eigenvalue weighted by atomic mass is 16.5. The SMILES string of the molecule is C=Cc1c(C(=C)C)c(/C=C2\OC(=O)c3ccccc32)cn1C. The first-order valence-electron chi connectivity index (χ1n) is 7.04. The van der Waals surface area contributed by atoms with Crippen molar-refractivity contribution >= 4 is 29.5 Å². The summed E-state index contributed by atoms with van der Waals surface area (Å²) in [5.41, 5.74) is 5.35. The molecular formula is C19H17NO2. The summed E-state index contributed by atoms with van der Waals surface area (Å²) in [7, 11) is 1.96. The smallest absolute Gasteiger partial charge is 0.344 e. The normalized spacial score (nSPS) is 14.8. The Bertz CT molecular complexity index is 837. The van der Waals surface area contributed by atoms with Crippen LogP contribution in [0.3, 0.4) is 0 Å². The van der Waals surface area contributed by atoms with E-state index in [4.69, 9.17) is 4.74 Å². The molecule has 0 spiro atoms. The van der Waals surface area contributed by atoms with Gasteiger partial charge in [0.2, 0.25) is 0 Å². The van der Waals surface area contributed by atoms with Crippen molar-refractivity contribution in [1.82, 2.24) is 4.57 Å². The summed E-state index contributed by atoms with van der Waals surface area (Å²) >= 11 is 0. The molecule has 2 heterocycles. The molecule has 1 aromatic carbocycles. The molecule has 0 aliphatic carbocycles. The van der Waals surface area contributed by atoms with Crippen molar-refractivity contribution in [2.45, 2.75) is 6.92 Å². The predicted molar refractivity (Wildman–Crippen MR) is 89.9 cm³/mol. The second-order valence-corrected chi connectivity index (χ2v) is 5.38. The minimum absolute atomic E-state index is 0.307. The first kappa shape index (κ1) is 14.1. The van der Waals surface area contributed by atoms with E-state index in [1.165, 1.54) is 0 Å². The lowest BCUT2D eigenvalue weighted by atomic mass is 10.0. The summed E-state index contributed by atoms with van der Waals surface area (Å²) in [4.78, 5) is 11.9. The summed E-state index contributed by atoms with van der Waals surface area (Å²) in [5.74, 6) is 0.267. The van der Waals surface area contributed by atoms with Crippen molar-refractivity contribution in [2.24, 2.45) is 7.05 Å². The standard InChI is InChI=1S/C19H17NO2/c1-5-16-18(12(2)3)13(11-20(16)4)10-17-14-8-6-7-9-15(14)19(21)22-17/h5-11H,1-2H2,3-4H3/b17-10-. The van der Waals surface area contributed by atoms with Gasteiger partial charge >= 0.3 is 5.97 Å². The van der Waals surface area contributed by atoms with Crippen LogP contribution in [0.15, 0.2) is 43.6 Å². The average Bonchev–Trinajstić information content (AvgIpc) is 2.97.